The monoisotopic (exact) mass is 182 g/mol. The summed E-state index contributed by atoms with van der Waals surface area (Å²) in [5, 5.41) is 7.57. The molecule has 1 aliphatic rings. The van der Waals surface area contributed by atoms with E-state index in [0.717, 1.165) is 5.92 Å². The third-order valence-electron chi connectivity index (χ3n) is 2.33. The maximum absolute atomic E-state index is 7.57. The van der Waals surface area contributed by atoms with Gasteiger partial charge in [-0.05, 0) is 46.0 Å². The minimum Gasteiger partial charge on any atom is -0.397 e. The quantitative estimate of drug-likeness (QED) is 0.617. The van der Waals surface area contributed by atoms with E-state index in [-0.39, 0.29) is 6.61 Å². The fourth-order valence-corrected chi connectivity index (χ4v) is 1.41. The van der Waals surface area contributed by atoms with Crippen molar-refractivity contribution in [1.82, 2.24) is 0 Å². The van der Waals surface area contributed by atoms with Crippen molar-refractivity contribution >= 4 is 0 Å². The molecule has 76 valence electrons. The molecule has 0 heterocycles. The average Bonchev–Trinajstić information content (AvgIpc) is 2.06. The summed E-state index contributed by atoms with van der Waals surface area (Å²) in [6, 6.07) is 0. The number of aliphatic hydroxyl groups excluding tert-OH is 1. The Morgan fingerprint density at radius 3 is 2.54 bits per heavy atom. The maximum atomic E-state index is 7.57. The van der Waals surface area contributed by atoms with Gasteiger partial charge in [-0.15, -0.1) is 0 Å². The third kappa shape index (κ3) is 5.64. The summed E-state index contributed by atoms with van der Waals surface area (Å²) in [6.45, 7) is 10.3. The molecule has 1 rings (SSSR count). The zero-order valence-corrected chi connectivity index (χ0v) is 9.14. The van der Waals surface area contributed by atoms with Crippen LogP contribution in [0.1, 0.15) is 40.0 Å². The number of allylic oxidation sites excluding steroid dienone is 3. The molecular formula is C12H22O. The Hall–Kier alpha value is -0.560. The maximum Gasteiger partial charge on any atom is 0.0402 e. The first kappa shape index (κ1) is 12.4. The zero-order chi connectivity index (χ0) is 10.3. The van der Waals surface area contributed by atoms with Crippen LogP contribution in [0.25, 0.3) is 0 Å². The molecule has 0 bridgehead atoms. The number of rotatable bonds is 1. The molecule has 1 N–H and O–H groups in total. The van der Waals surface area contributed by atoms with Gasteiger partial charge < -0.3 is 5.11 Å². The lowest BCUT2D eigenvalue weighted by Crippen LogP contribution is -2.04. The molecule has 0 aromatic rings. The van der Waals surface area contributed by atoms with E-state index in [4.69, 9.17) is 5.11 Å². The van der Waals surface area contributed by atoms with E-state index in [1.807, 2.05) is 0 Å². The lowest BCUT2D eigenvalue weighted by molar-refractivity contribution is 0.318. The molecule has 0 aromatic heterocycles. The highest BCUT2D eigenvalue weighted by molar-refractivity contribution is 5.09. The third-order valence-corrected chi connectivity index (χ3v) is 2.33. The van der Waals surface area contributed by atoms with Crippen molar-refractivity contribution in [3.8, 4) is 0 Å². The van der Waals surface area contributed by atoms with Crippen LogP contribution in [0, 0.1) is 5.92 Å². The molecule has 1 atom stereocenters. The SMILES string of the molecule is C=C(C)C1CC=C(C)CC1.CCO. The van der Waals surface area contributed by atoms with Crippen LogP contribution in [0.3, 0.4) is 0 Å². The van der Waals surface area contributed by atoms with E-state index in [0.29, 0.717) is 0 Å². The van der Waals surface area contributed by atoms with Crippen LogP contribution in [-0.2, 0) is 0 Å². The second kappa shape index (κ2) is 6.90. The van der Waals surface area contributed by atoms with Gasteiger partial charge in [-0.1, -0.05) is 23.8 Å². The summed E-state index contributed by atoms with van der Waals surface area (Å²) < 4.78 is 0. The first-order valence-electron chi connectivity index (χ1n) is 5.03. The predicted molar refractivity (Wildman–Crippen MR) is 58.7 cm³/mol. The molecule has 1 heteroatoms. The molecule has 0 aromatic carbocycles. The zero-order valence-electron chi connectivity index (χ0n) is 9.14. The van der Waals surface area contributed by atoms with E-state index in [2.05, 4.69) is 26.5 Å². The Labute approximate surface area is 82.2 Å². The molecule has 1 aliphatic carbocycles. The van der Waals surface area contributed by atoms with Crippen LogP contribution in [-0.4, -0.2) is 11.7 Å². The van der Waals surface area contributed by atoms with Crippen molar-refractivity contribution in [3.05, 3.63) is 23.8 Å². The van der Waals surface area contributed by atoms with Crippen LogP contribution < -0.4 is 0 Å². The summed E-state index contributed by atoms with van der Waals surface area (Å²) in [6.07, 6.45) is 6.17. The van der Waals surface area contributed by atoms with Gasteiger partial charge in [-0.2, -0.15) is 0 Å². The summed E-state index contributed by atoms with van der Waals surface area (Å²) in [5.74, 6) is 0.767. The van der Waals surface area contributed by atoms with E-state index < -0.39 is 0 Å². The minimum absolute atomic E-state index is 0.250. The van der Waals surface area contributed by atoms with Gasteiger partial charge in [-0.25, -0.2) is 0 Å². The minimum atomic E-state index is 0.250. The Morgan fingerprint density at radius 1 is 1.69 bits per heavy atom. The molecule has 0 aliphatic heterocycles. The Morgan fingerprint density at radius 2 is 2.23 bits per heavy atom. The van der Waals surface area contributed by atoms with E-state index in [1.165, 1.54) is 24.8 Å². The molecule has 0 radical (unpaired) electrons. The molecular weight excluding hydrogens is 160 g/mol. The molecule has 0 saturated heterocycles. The van der Waals surface area contributed by atoms with Crippen LogP contribution >= 0.6 is 0 Å². The summed E-state index contributed by atoms with van der Waals surface area (Å²) in [7, 11) is 0. The van der Waals surface area contributed by atoms with Gasteiger partial charge in [0.1, 0.15) is 0 Å². The smallest absolute Gasteiger partial charge is 0.0402 e. The molecule has 0 spiro atoms. The average molecular weight is 182 g/mol. The molecule has 0 saturated carbocycles. The largest absolute Gasteiger partial charge is 0.397 e. The van der Waals surface area contributed by atoms with Crippen molar-refractivity contribution in [2.75, 3.05) is 6.61 Å². The summed E-state index contributed by atoms with van der Waals surface area (Å²) in [5.41, 5.74) is 2.90. The van der Waals surface area contributed by atoms with Gasteiger partial charge in [0.2, 0.25) is 0 Å². The summed E-state index contributed by atoms with van der Waals surface area (Å²) in [4.78, 5) is 0. The van der Waals surface area contributed by atoms with Gasteiger partial charge in [-0.3, -0.25) is 0 Å². The van der Waals surface area contributed by atoms with E-state index in [9.17, 15) is 0 Å². The lowest BCUT2D eigenvalue weighted by Gasteiger charge is -2.19. The van der Waals surface area contributed by atoms with E-state index >= 15 is 0 Å². The van der Waals surface area contributed by atoms with Gasteiger partial charge in [0, 0.05) is 6.61 Å². The van der Waals surface area contributed by atoms with Crippen molar-refractivity contribution in [1.29, 1.82) is 0 Å². The predicted octanol–water partition coefficient (Wildman–Crippen LogP) is 3.31. The molecule has 1 nitrogen and oxygen atoms in total. The highest BCUT2D eigenvalue weighted by Crippen LogP contribution is 2.27. The van der Waals surface area contributed by atoms with Crippen molar-refractivity contribution in [3.63, 3.8) is 0 Å². The summed E-state index contributed by atoms with van der Waals surface area (Å²) >= 11 is 0. The molecule has 13 heavy (non-hydrogen) atoms. The van der Waals surface area contributed by atoms with Crippen LogP contribution in [0.15, 0.2) is 23.8 Å². The van der Waals surface area contributed by atoms with Crippen molar-refractivity contribution < 1.29 is 5.11 Å². The molecule has 1 unspecified atom stereocenters. The Balaban J connectivity index is 0.000000424. The number of aliphatic hydroxyl groups is 1. The first-order valence-corrected chi connectivity index (χ1v) is 5.03. The standard InChI is InChI=1S/C10H16.C2H6O/c1-8(2)10-6-4-9(3)5-7-10;1-2-3/h4,10H,1,5-7H2,2-3H3;3H,2H2,1H3. The topological polar surface area (TPSA) is 20.2 Å². The normalized spacial score (nSPS) is 21.2. The van der Waals surface area contributed by atoms with Gasteiger partial charge in [0.15, 0.2) is 0 Å². The van der Waals surface area contributed by atoms with Crippen LogP contribution in [0.4, 0.5) is 0 Å². The van der Waals surface area contributed by atoms with Crippen LogP contribution in [0.2, 0.25) is 0 Å². The second-order valence-corrected chi connectivity index (χ2v) is 3.68. The van der Waals surface area contributed by atoms with Crippen molar-refractivity contribution in [2.24, 2.45) is 5.92 Å². The highest BCUT2D eigenvalue weighted by Gasteiger charge is 2.11. The van der Waals surface area contributed by atoms with E-state index in [1.54, 1.807) is 12.5 Å². The van der Waals surface area contributed by atoms with Crippen molar-refractivity contribution in [2.45, 2.75) is 40.0 Å². The first-order chi connectivity index (χ1) is 6.11. The van der Waals surface area contributed by atoms with Gasteiger partial charge in [0.05, 0.1) is 0 Å². The fraction of sp³-hybridized carbons (Fsp3) is 0.667. The van der Waals surface area contributed by atoms with Crippen LogP contribution in [0.5, 0.6) is 0 Å². The highest BCUT2D eigenvalue weighted by atomic mass is 16.2. The molecule has 0 amide bonds. The number of hydrogen-bond donors (Lipinski definition) is 1. The lowest BCUT2D eigenvalue weighted by atomic mass is 9.86. The Kier molecular flexibility index (Phi) is 6.61. The Bertz CT molecular complexity index is 180. The molecule has 0 fully saturated rings. The second-order valence-electron chi connectivity index (χ2n) is 3.68. The van der Waals surface area contributed by atoms with Gasteiger partial charge in [0.25, 0.3) is 0 Å². The fourth-order valence-electron chi connectivity index (χ4n) is 1.41. The number of hydrogen-bond acceptors (Lipinski definition) is 1. The van der Waals surface area contributed by atoms with Gasteiger partial charge >= 0.3 is 0 Å².